The fraction of sp³-hybridized carbons (Fsp3) is 0.184. The summed E-state index contributed by atoms with van der Waals surface area (Å²) >= 11 is 0. The summed E-state index contributed by atoms with van der Waals surface area (Å²) < 4.78 is 8.29. The van der Waals surface area contributed by atoms with Gasteiger partial charge in [0.15, 0.2) is 0 Å². The van der Waals surface area contributed by atoms with E-state index in [9.17, 15) is 0 Å². The molecule has 219 valence electrons. The molecule has 0 atom stereocenters. The molecule has 1 radical (unpaired) electrons. The van der Waals surface area contributed by atoms with E-state index in [0.717, 1.165) is 62.7 Å². The van der Waals surface area contributed by atoms with Crippen molar-refractivity contribution in [3.63, 3.8) is 0 Å². The minimum atomic E-state index is 0. The van der Waals surface area contributed by atoms with Crippen molar-refractivity contribution in [2.45, 2.75) is 45.1 Å². The second-order valence-electron chi connectivity index (χ2n) is 11.4. The molecule has 4 aromatic heterocycles. The Labute approximate surface area is 270 Å². The number of pyridine rings is 2. The molecule has 5 nitrogen and oxygen atoms in total. The zero-order chi connectivity index (χ0) is 28.8. The maximum atomic E-state index is 5.94. The maximum absolute atomic E-state index is 5.94. The number of aromatic nitrogens is 4. The SMILES string of the molecule is Cc1ccc2c(n1)oc1c(-c3ccccn3)[c-]ccc12.[Ir].[c-]1ccccc1-c1nc2ccc(C3CCCC3)c3c2n1CC=C3. The van der Waals surface area contributed by atoms with Crippen molar-refractivity contribution < 1.29 is 24.5 Å². The minimum Gasteiger partial charge on any atom is -0.486 e. The molecular formula is C38H30IrN4O-2. The summed E-state index contributed by atoms with van der Waals surface area (Å²) in [6, 6.07) is 33.0. The molecule has 5 heterocycles. The predicted molar refractivity (Wildman–Crippen MR) is 173 cm³/mol. The van der Waals surface area contributed by atoms with E-state index >= 15 is 0 Å². The van der Waals surface area contributed by atoms with Gasteiger partial charge in [-0.15, -0.1) is 54.1 Å². The van der Waals surface area contributed by atoms with Crippen LogP contribution in [0.2, 0.25) is 0 Å². The van der Waals surface area contributed by atoms with Crippen molar-refractivity contribution in [3.8, 4) is 22.6 Å². The average Bonchev–Trinajstić information content (AvgIpc) is 3.81. The Hall–Kier alpha value is -4.38. The van der Waals surface area contributed by atoms with Gasteiger partial charge in [0.05, 0.1) is 22.4 Å². The first-order valence-electron chi connectivity index (χ1n) is 15.0. The molecule has 1 saturated carbocycles. The minimum absolute atomic E-state index is 0. The van der Waals surface area contributed by atoms with Crippen LogP contribution in [0.5, 0.6) is 0 Å². The molecule has 0 bridgehead atoms. The van der Waals surface area contributed by atoms with Crippen LogP contribution < -0.4 is 0 Å². The fourth-order valence-electron chi connectivity index (χ4n) is 6.64. The van der Waals surface area contributed by atoms with Gasteiger partial charge in [0, 0.05) is 49.5 Å². The normalized spacial score (nSPS) is 14.1. The summed E-state index contributed by atoms with van der Waals surface area (Å²) in [6.45, 7) is 2.86. The molecule has 7 aromatic rings. The van der Waals surface area contributed by atoms with Gasteiger partial charge in [-0.2, -0.15) is 0 Å². The van der Waals surface area contributed by atoms with Crippen LogP contribution in [0.4, 0.5) is 0 Å². The van der Waals surface area contributed by atoms with Crippen molar-refractivity contribution in [3.05, 3.63) is 120 Å². The molecule has 1 fully saturated rings. The van der Waals surface area contributed by atoms with Crippen molar-refractivity contribution in [1.82, 2.24) is 19.5 Å². The van der Waals surface area contributed by atoms with Gasteiger partial charge >= 0.3 is 0 Å². The van der Waals surface area contributed by atoms with Gasteiger partial charge < -0.3 is 14.0 Å². The molecular weight excluding hydrogens is 721 g/mol. The third-order valence-electron chi connectivity index (χ3n) is 8.66. The quantitative estimate of drug-likeness (QED) is 0.169. The van der Waals surface area contributed by atoms with Crippen LogP contribution in [0.1, 0.15) is 48.4 Å². The molecule has 1 aliphatic carbocycles. The van der Waals surface area contributed by atoms with E-state index in [4.69, 9.17) is 9.40 Å². The van der Waals surface area contributed by atoms with Gasteiger partial charge in [-0.1, -0.05) is 54.1 Å². The zero-order valence-electron chi connectivity index (χ0n) is 24.4. The third kappa shape index (κ3) is 4.98. The van der Waals surface area contributed by atoms with Crippen molar-refractivity contribution in [1.29, 1.82) is 0 Å². The van der Waals surface area contributed by atoms with Crippen LogP contribution in [0.25, 0.3) is 61.8 Å². The second kappa shape index (κ2) is 12.0. The summed E-state index contributed by atoms with van der Waals surface area (Å²) in [5.41, 5.74) is 10.5. The van der Waals surface area contributed by atoms with E-state index in [0.29, 0.717) is 5.71 Å². The number of hydrogen-bond acceptors (Lipinski definition) is 4. The third-order valence-corrected chi connectivity index (χ3v) is 8.66. The van der Waals surface area contributed by atoms with Gasteiger partial charge in [0.25, 0.3) is 0 Å². The molecule has 3 aromatic carbocycles. The molecule has 0 unspecified atom stereocenters. The van der Waals surface area contributed by atoms with Crippen molar-refractivity contribution >= 4 is 39.2 Å². The molecule has 44 heavy (non-hydrogen) atoms. The van der Waals surface area contributed by atoms with E-state index in [1.807, 2.05) is 61.5 Å². The van der Waals surface area contributed by atoms with Crippen LogP contribution in [-0.4, -0.2) is 19.5 Å². The second-order valence-corrected chi connectivity index (χ2v) is 11.4. The van der Waals surface area contributed by atoms with Gasteiger partial charge in [-0.3, -0.25) is 4.98 Å². The summed E-state index contributed by atoms with van der Waals surface area (Å²) in [7, 11) is 0. The Morgan fingerprint density at radius 1 is 0.864 bits per heavy atom. The summed E-state index contributed by atoms with van der Waals surface area (Å²) in [6.07, 6.45) is 11.8. The van der Waals surface area contributed by atoms with E-state index in [2.05, 4.69) is 63.1 Å². The largest absolute Gasteiger partial charge is 0.486 e. The molecule has 9 rings (SSSR count). The topological polar surface area (TPSA) is 56.7 Å². The summed E-state index contributed by atoms with van der Waals surface area (Å²) in [4.78, 5) is 13.7. The van der Waals surface area contributed by atoms with Crippen LogP contribution in [-0.2, 0) is 26.7 Å². The number of nitrogens with zero attached hydrogens (tertiary/aromatic N) is 4. The number of aryl methyl sites for hydroxylation is 1. The van der Waals surface area contributed by atoms with Crippen LogP contribution in [0.15, 0.2) is 95.6 Å². The zero-order valence-corrected chi connectivity index (χ0v) is 26.8. The number of furan rings is 1. The van der Waals surface area contributed by atoms with Gasteiger partial charge in [-0.05, 0) is 61.2 Å². The smallest absolute Gasteiger partial charge is 0.216 e. The van der Waals surface area contributed by atoms with Crippen LogP contribution in [0, 0.1) is 19.1 Å². The molecule has 2 aliphatic rings. The Morgan fingerprint density at radius 2 is 1.75 bits per heavy atom. The predicted octanol–water partition coefficient (Wildman–Crippen LogP) is 9.34. The Balaban J connectivity index is 0.000000140. The number of imidazole rings is 1. The molecule has 0 saturated heterocycles. The van der Waals surface area contributed by atoms with Crippen LogP contribution in [0.3, 0.4) is 0 Å². The van der Waals surface area contributed by atoms with Gasteiger partial charge in [0.2, 0.25) is 5.71 Å². The van der Waals surface area contributed by atoms with Crippen molar-refractivity contribution in [2.24, 2.45) is 0 Å². The first-order chi connectivity index (χ1) is 21.2. The monoisotopic (exact) mass is 751 g/mol. The number of rotatable bonds is 3. The summed E-state index contributed by atoms with van der Waals surface area (Å²) in [5.74, 6) is 1.77. The molecule has 1 aliphatic heterocycles. The fourth-order valence-corrected chi connectivity index (χ4v) is 6.64. The molecule has 0 spiro atoms. The van der Waals surface area contributed by atoms with Gasteiger partial charge in [-0.25, -0.2) is 4.98 Å². The molecule has 0 N–H and O–H groups in total. The Bertz CT molecular complexity index is 2120. The van der Waals surface area contributed by atoms with Crippen molar-refractivity contribution in [2.75, 3.05) is 0 Å². The Kier molecular flexibility index (Phi) is 7.71. The van der Waals surface area contributed by atoms with E-state index in [1.165, 1.54) is 42.3 Å². The first-order valence-corrected chi connectivity index (χ1v) is 15.0. The summed E-state index contributed by atoms with van der Waals surface area (Å²) in [5, 5.41) is 2.07. The number of hydrogen-bond donors (Lipinski definition) is 0. The number of benzene rings is 3. The average molecular weight is 751 g/mol. The van der Waals surface area contributed by atoms with Gasteiger partial charge in [0.1, 0.15) is 0 Å². The molecule has 0 amide bonds. The maximum Gasteiger partial charge on any atom is 0.216 e. The first kappa shape index (κ1) is 28.4. The van der Waals surface area contributed by atoms with Crippen LogP contribution >= 0.6 is 0 Å². The van der Waals surface area contributed by atoms with E-state index in [1.54, 1.807) is 6.20 Å². The van der Waals surface area contributed by atoms with E-state index in [-0.39, 0.29) is 20.1 Å². The number of allylic oxidation sites excluding steroid dienone is 1. The number of fused-ring (bicyclic) bond motifs is 3. The standard InChI is InChI=1S/C21H19N2.C17H11N2O.Ir/c1-2-9-16(10-3-1)21-22-19-13-12-17(15-7-4-5-8-15)18-11-6-14-23(21)20(18)19;1-11-8-9-13-12-5-4-6-14(15-7-2-3-10-18-15)16(12)20-17(13)19-11;/h1-3,6,9,11-13,15H,4-5,7-8,14H2;2-5,7-10H,1H3;/q2*-1;. The van der Waals surface area contributed by atoms with E-state index < -0.39 is 0 Å². The Morgan fingerprint density at radius 3 is 2.57 bits per heavy atom. The molecule has 6 heteroatoms.